The zero-order valence-corrected chi connectivity index (χ0v) is 10.3. The summed E-state index contributed by atoms with van der Waals surface area (Å²) in [6.45, 7) is 2.72. The van der Waals surface area contributed by atoms with Crippen molar-refractivity contribution in [2.75, 3.05) is 11.9 Å². The van der Waals surface area contributed by atoms with Crippen LogP contribution in [-0.4, -0.2) is 22.7 Å². The van der Waals surface area contributed by atoms with Gasteiger partial charge in [-0.3, -0.25) is 0 Å². The minimum atomic E-state index is -4.26. The molecule has 0 bridgehead atoms. The predicted octanol–water partition coefficient (Wildman–Crippen LogP) is 2.89. The molecule has 1 heterocycles. The summed E-state index contributed by atoms with van der Waals surface area (Å²) in [7, 11) is 0. The van der Waals surface area contributed by atoms with E-state index >= 15 is 0 Å². The van der Waals surface area contributed by atoms with E-state index in [-0.39, 0.29) is 5.82 Å². The van der Waals surface area contributed by atoms with Crippen LogP contribution in [0.15, 0.2) is 0 Å². The number of halogens is 3. The van der Waals surface area contributed by atoms with Gasteiger partial charge in [-0.05, 0) is 25.7 Å². The third-order valence-electron chi connectivity index (χ3n) is 2.88. The van der Waals surface area contributed by atoms with Crippen LogP contribution in [-0.2, 0) is 19.3 Å². The fourth-order valence-corrected chi connectivity index (χ4v) is 2.13. The summed E-state index contributed by atoms with van der Waals surface area (Å²) in [6.07, 6.45) is -1.85. The van der Waals surface area contributed by atoms with Gasteiger partial charge in [-0.2, -0.15) is 13.2 Å². The molecule has 2 rings (SSSR count). The number of rotatable bonds is 4. The van der Waals surface area contributed by atoms with Gasteiger partial charge in [-0.25, -0.2) is 9.97 Å². The van der Waals surface area contributed by atoms with Gasteiger partial charge in [0.2, 0.25) is 0 Å². The number of aromatic nitrogens is 2. The van der Waals surface area contributed by atoms with Crippen LogP contribution >= 0.6 is 0 Å². The molecule has 1 N–H and O–H groups in total. The number of nitrogens with zero attached hydrogens (tertiary/aromatic N) is 2. The van der Waals surface area contributed by atoms with Crippen molar-refractivity contribution in [2.24, 2.45) is 0 Å². The zero-order chi connectivity index (χ0) is 13.2. The number of anilines is 1. The molecule has 1 aliphatic carbocycles. The zero-order valence-electron chi connectivity index (χ0n) is 10.3. The number of aryl methyl sites for hydroxylation is 1. The Hall–Kier alpha value is -1.33. The second kappa shape index (κ2) is 5.12. The van der Waals surface area contributed by atoms with Crippen molar-refractivity contribution in [3.05, 3.63) is 17.1 Å². The minimum Gasteiger partial charge on any atom is -0.370 e. The molecule has 1 aromatic heterocycles. The first-order chi connectivity index (χ1) is 8.49. The maximum Gasteiger partial charge on any atom is 0.396 e. The van der Waals surface area contributed by atoms with Gasteiger partial charge in [0.05, 0.1) is 0 Å². The van der Waals surface area contributed by atoms with Gasteiger partial charge < -0.3 is 5.32 Å². The molecule has 0 saturated heterocycles. The van der Waals surface area contributed by atoms with E-state index in [1.807, 2.05) is 6.92 Å². The lowest BCUT2D eigenvalue weighted by Crippen LogP contribution is -2.17. The Balaban J connectivity index is 2.27. The van der Waals surface area contributed by atoms with Crippen LogP contribution < -0.4 is 5.32 Å². The summed E-state index contributed by atoms with van der Waals surface area (Å²) in [6, 6.07) is 0. The van der Waals surface area contributed by atoms with Gasteiger partial charge in [-0.1, -0.05) is 6.92 Å². The van der Waals surface area contributed by atoms with E-state index in [2.05, 4.69) is 15.3 Å². The summed E-state index contributed by atoms with van der Waals surface area (Å²) in [5.74, 6) is 0.473. The van der Waals surface area contributed by atoms with E-state index in [1.165, 1.54) is 0 Å². The standard InChI is InChI=1S/C12H16F3N3/c1-2-6-16-11-8-4-3-5-9(8)17-10(18-11)7-12(13,14)15/h2-7H2,1H3,(H,16,17,18). The third kappa shape index (κ3) is 3.11. The summed E-state index contributed by atoms with van der Waals surface area (Å²) < 4.78 is 37.1. The van der Waals surface area contributed by atoms with Crippen molar-refractivity contribution in [2.45, 2.75) is 45.2 Å². The van der Waals surface area contributed by atoms with E-state index in [1.54, 1.807) is 0 Å². The topological polar surface area (TPSA) is 37.8 Å². The van der Waals surface area contributed by atoms with Gasteiger partial charge in [-0.15, -0.1) is 0 Å². The fourth-order valence-electron chi connectivity index (χ4n) is 2.13. The van der Waals surface area contributed by atoms with Crippen molar-refractivity contribution >= 4 is 5.82 Å². The molecule has 3 nitrogen and oxygen atoms in total. The Kier molecular flexibility index (Phi) is 3.73. The SMILES string of the molecule is CCCNc1nc(CC(F)(F)F)nc2c1CCC2. The van der Waals surface area contributed by atoms with E-state index in [0.717, 1.165) is 43.5 Å². The summed E-state index contributed by atoms with van der Waals surface area (Å²) >= 11 is 0. The molecule has 0 fully saturated rings. The lowest BCUT2D eigenvalue weighted by atomic mass is 10.2. The molecule has 0 saturated carbocycles. The molecule has 0 aromatic carbocycles. The molecule has 0 amide bonds. The highest BCUT2D eigenvalue weighted by Gasteiger charge is 2.31. The maximum absolute atomic E-state index is 12.4. The highest BCUT2D eigenvalue weighted by molar-refractivity contribution is 5.48. The number of fused-ring (bicyclic) bond motifs is 1. The Morgan fingerprint density at radius 1 is 1.22 bits per heavy atom. The molecular formula is C12H16F3N3. The smallest absolute Gasteiger partial charge is 0.370 e. The van der Waals surface area contributed by atoms with Crippen LogP contribution in [0.4, 0.5) is 19.0 Å². The maximum atomic E-state index is 12.4. The quantitative estimate of drug-likeness (QED) is 0.903. The molecule has 18 heavy (non-hydrogen) atoms. The van der Waals surface area contributed by atoms with Gasteiger partial charge >= 0.3 is 6.18 Å². The Bertz CT molecular complexity index is 429. The first-order valence-corrected chi connectivity index (χ1v) is 6.19. The van der Waals surface area contributed by atoms with E-state index in [4.69, 9.17) is 0 Å². The first kappa shape index (κ1) is 13.1. The Morgan fingerprint density at radius 3 is 2.67 bits per heavy atom. The van der Waals surface area contributed by atoms with Crippen LogP contribution in [0.5, 0.6) is 0 Å². The molecule has 100 valence electrons. The lowest BCUT2D eigenvalue weighted by Gasteiger charge is -2.12. The van der Waals surface area contributed by atoms with E-state index < -0.39 is 12.6 Å². The van der Waals surface area contributed by atoms with Crippen LogP contribution in [0.1, 0.15) is 36.8 Å². The van der Waals surface area contributed by atoms with Crippen molar-refractivity contribution in [1.29, 1.82) is 0 Å². The van der Waals surface area contributed by atoms with Gasteiger partial charge in [0.1, 0.15) is 18.1 Å². The van der Waals surface area contributed by atoms with Crippen molar-refractivity contribution in [1.82, 2.24) is 9.97 Å². The molecule has 1 aromatic rings. The lowest BCUT2D eigenvalue weighted by molar-refractivity contribution is -0.128. The summed E-state index contributed by atoms with van der Waals surface area (Å²) in [5.41, 5.74) is 1.78. The molecule has 1 aliphatic rings. The van der Waals surface area contributed by atoms with Gasteiger partial charge in [0, 0.05) is 17.8 Å². The molecule has 0 radical (unpaired) electrons. The Morgan fingerprint density at radius 2 is 2.00 bits per heavy atom. The van der Waals surface area contributed by atoms with E-state index in [0.29, 0.717) is 5.82 Å². The van der Waals surface area contributed by atoms with Crippen LogP contribution in [0.2, 0.25) is 0 Å². The van der Waals surface area contributed by atoms with Crippen molar-refractivity contribution in [3.63, 3.8) is 0 Å². The predicted molar refractivity (Wildman–Crippen MR) is 62.6 cm³/mol. The molecule has 0 unspecified atom stereocenters. The summed E-state index contributed by atoms with van der Waals surface area (Å²) in [4.78, 5) is 8.06. The van der Waals surface area contributed by atoms with Gasteiger partial charge in [0.25, 0.3) is 0 Å². The molecular weight excluding hydrogens is 243 g/mol. The number of hydrogen-bond donors (Lipinski definition) is 1. The summed E-state index contributed by atoms with van der Waals surface area (Å²) in [5, 5.41) is 3.10. The first-order valence-electron chi connectivity index (χ1n) is 6.19. The minimum absolute atomic E-state index is 0.123. The van der Waals surface area contributed by atoms with E-state index in [9.17, 15) is 13.2 Å². The number of nitrogens with one attached hydrogen (secondary N) is 1. The molecule has 0 spiro atoms. The van der Waals surface area contributed by atoms with Crippen molar-refractivity contribution < 1.29 is 13.2 Å². The highest BCUT2D eigenvalue weighted by atomic mass is 19.4. The molecule has 6 heteroatoms. The van der Waals surface area contributed by atoms with Crippen LogP contribution in [0.3, 0.4) is 0 Å². The molecule has 0 aliphatic heterocycles. The molecule has 0 atom stereocenters. The average Bonchev–Trinajstić information content (AvgIpc) is 2.71. The normalized spacial score (nSPS) is 14.7. The highest BCUT2D eigenvalue weighted by Crippen LogP contribution is 2.28. The second-order valence-corrected chi connectivity index (χ2v) is 4.49. The average molecular weight is 259 g/mol. The second-order valence-electron chi connectivity index (χ2n) is 4.49. The number of alkyl halides is 3. The van der Waals surface area contributed by atoms with Crippen molar-refractivity contribution in [3.8, 4) is 0 Å². The third-order valence-corrected chi connectivity index (χ3v) is 2.88. The van der Waals surface area contributed by atoms with Gasteiger partial charge in [0.15, 0.2) is 0 Å². The van der Waals surface area contributed by atoms with Crippen LogP contribution in [0, 0.1) is 0 Å². The monoisotopic (exact) mass is 259 g/mol. The largest absolute Gasteiger partial charge is 0.396 e. The van der Waals surface area contributed by atoms with Crippen LogP contribution in [0.25, 0.3) is 0 Å². The number of hydrogen-bond acceptors (Lipinski definition) is 3. The fraction of sp³-hybridized carbons (Fsp3) is 0.667. The Labute approximate surface area is 104 Å².